The molecule has 1 fully saturated rings. The SMILES string of the molecule is O=C1NC(=S)CC1c1ccncc1. The molecule has 0 aromatic carbocycles. The van der Waals surface area contributed by atoms with Gasteiger partial charge in [0.1, 0.15) is 0 Å². The van der Waals surface area contributed by atoms with E-state index in [4.69, 9.17) is 12.2 Å². The maximum atomic E-state index is 11.4. The Morgan fingerprint density at radius 2 is 2.15 bits per heavy atom. The van der Waals surface area contributed by atoms with E-state index in [0.29, 0.717) is 11.4 Å². The molecule has 3 nitrogen and oxygen atoms in total. The number of amides is 1. The molecule has 0 saturated carbocycles. The van der Waals surface area contributed by atoms with Crippen LogP contribution in [0.1, 0.15) is 17.9 Å². The largest absolute Gasteiger partial charge is 0.320 e. The number of nitrogens with zero attached hydrogens (tertiary/aromatic N) is 1. The molecule has 1 aliphatic rings. The number of carbonyl (C=O) groups excluding carboxylic acids is 1. The van der Waals surface area contributed by atoms with Crippen molar-refractivity contribution in [3.05, 3.63) is 30.1 Å². The van der Waals surface area contributed by atoms with Crippen LogP contribution in [0.2, 0.25) is 0 Å². The Labute approximate surface area is 81.2 Å². The summed E-state index contributed by atoms with van der Waals surface area (Å²) in [6.07, 6.45) is 3.99. The first kappa shape index (κ1) is 8.31. The fourth-order valence-corrected chi connectivity index (χ4v) is 1.69. The Morgan fingerprint density at radius 1 is 1.46 bits per heavy atom. The molecule has 1 aromatic rings. The molecule has 1 amide bonds. The van der Waals surface area contributed by atoms with Gasteiger partial charge in [-0.25, -0.2) is 0 Å². The van der Waals surface area contributed by atoms with Crippen LogP contribution >= 0.6 is 12.2 Å². The van der Waals surface area contributed by atoms with Crippen molar-refractivity contribution < 1.29 is 4.79 Å². The predicted molar refractivity (Wildman–Crippen MR) is 52.3 cm³/mol. The smallest absolute Gasteiger partial charge is 0.232 e. The minimum Gasteiger partial charge on any atom is -0.320 e. The van der Waals surface area contributed by atoms with E-state index in [0.717, 1.165) is 5.56 Å². The van der Waals surface area contributed by atoms with Crippen molar-refractivity contribution in [2.45, 2.75) is 12.3 Å². The van der Waals surface area contributed by atoms with Gasteiger partial charge < -0.3 is 5.32 Å². The third-order valence-corrected chi connectivity index (χ3v) is 2.35. The number of carbonyl (C=O) groups is 1. The molecule has 4 heteroatoms. The number of thiocarbonyl (C=S) groups is 1. The maximum absolute atomic E-state index is 11.4. The lowest BCUT2D eigenvalue weighted by Gasteiger charge is -2.04. The summed E-state index contributed by atoms with van der Waals surface area (Å²) in [7, 11) is 0. The molecule has 1 aliphatic heterocycles. The Bertz CT molecular complexity index is 350. The van der Waals surface area contributed by atoms with E-state index in [1.807, 2.05) is 12.1 Å². The number of hydrogen-bond acceptors (Lipinski definition) is 3. The van der Waals surface area contributed by atoms with E-state index >= 15 is 0 Å². The third-order valence-electron chi connectivity index (χ3n) is 2.08. The van der Waals surface area contributed by atoms with Gasteiger partial charge in [-0.1, -0.05) is 12.2 Å². The fraction of sp³-hybridized carbons (Fsp3) is 0.222. The Morgan fingerprint density at radius 3 is 2.69 bits per heavy atom. The van der Waals surface area contributed by atoms with Gasteiger partial charge >= 0.3 is 0 Å². The lowest BCUT2D eigenvalue weighted by Crippen LogP contribution is -2.20. The number of aromatic nitrogens is 1. The van der Waals surface area contributed by atoms with Crippen molar-refractivity contribution in [2.24, 2.45) is 0 Å². The van der Waals surface area contributed by atoms with Crippen LogP contribution in [0.15, 0.2) is 24.5 Å². The number of rotatable bonds is 1. The molecule has 0 bridgehead atoms. The zero-order valence-corrected chi connectivity index (χ0v) is 7.67. The first-order valence-corrected chi connectivity index (χ1v) is 4.42. The van der Waals surface area contributed by atoms with Crippen LogP contribution in [0.5, 0.6) is 0 Å². The molecule has 1 saturated heterocycles. The summed E-state index contributed by atoms with van der Waals surface area (Å²) in [6.45, 7) is 0. The highest BCUT2D eigenvalue weighted by Crippen LogP contribution is 2.23. The second-order valence-corrected chi connectivity index (χ2v) is 3.44. The zero-order chi connectivity index (χ0) is 9.26. The average Bonchev–Trinajstić information content (AvgIpc) is 2.47. The van der Waals surface area contributed by atoms with Crippen LogP contribution in [0.4, 0.5) is 0 Å². The summed E-state index contributed by atoms with van der Waals surface area (Å²) in [5.41, 5.74) is 0.979. The van der Waals surface area contributed by atoms with Crippen LogP contribution in [0, 0.1) is 0 Å². The van der Waals surface area contributed by atoms with E-state index in [9.17, 15) is 4.79 Å². The number of hydrogen-bond donors (Lipinski definition) is 1. The Hall–Kier alpha value is -1.29. The van der Waals surface area contributed by atoms with Crippen LogP contribution in [-0.2, 0) is 4.79 Å². The van der Waals surface area contributed by atoms with Gasteiger partial charge in [-0.2, -0.15) is 0 Å². The van der Waals surface area contributed by atoms with Gasteiger partial charge in [-0.3, -0.25) is 9.78 Å². The van der Waals surface area contributed by atoms with Gasteiger partial charge in [0.15, 0.2) is 0 Å². The first-order valence-electron chi connectivity index (χ1n) is 4.01. The van der Waals surface area contributed by atoms with Gasteiger partial charge in [0.25, 0.3) is 0 Å². The van der Waals surface area contributed by atoms with Gasteiger partial charge in [0, 0.05) is 18.8 Å². The zero-order valence-electron chi connectivity index (χ0n) is 6.86. The van der Waals surface area contributed by atoms with Crippen molar-refractivity contribution in [3.63, 3.8) is 0 Å². The first-order chi connectivity index (χ1) is 6.27. The lowest BCUT2D eigenvalue weighted by atomic mass is 9.99. The lowest BCUT2D eigenvalue weighted by molar-refractivity contribution is -0.119. The number of nitrogens with one attached hydrogen (secondary N) is 1. The molecular formula is C9H8N2OS. The highest BCUT2D eigenvalue weighted by Gasteiger charge is 2.28. The molecular weight excluding hydrogens is 184 g/mol. The Balaban J connectivity index is 2.28. The average molecular weight is 192 g/mol. The van der Waals surface area contributed by atoms with E-state index in [1.54, 1.807) is 12.4 Å². The molecule has 0 radical (unpaired) electrons. The second kappa shape index (κ2) is 3.22. The second-order valence-electron chi connectivity index (χ2n) is 2.95. The van der Waals surface area contributed by atoms with Gasteiger partial charge in [0.05, 0.1) is 10.9 Å². The van der Waals surface area contributed by atoms with Gasteiger partial charge in [-0.15, -0.1) is 0 Å². The van der Waals surface area contributed by atoms with Crippen LogP contribution < -0.4 is 5.32 Å². The fourth-order valence-electron chi connectivity index (χ4n) is 1.42. The summed E-state index contributed by atoms with van der Waals surface area (Å²) >= 11 is 4.93. The van der Waals surface area contributed by atoms with Crippen LogP contribution in [0.25, 0.3) is 0 Å². The maximum Gasteiger partial charge on any atom is 0.232 e. The molecule has 66 valence electrons. The molecule has 1 N–H and O–H groups in total. The minimum absolute atomic E-state index is 0.00352. The molecule has 2 rings (SSSR count). The standard InChI is InChI=1S/C9H8N2OS/c12-9-7(5-8(13)11-9)6-1-3-10-4-2-6/h1-4,7H,5H2,(H,11,12,13). The molecule has 0 aliphatic carbocycles. The number of pyridine rings is 1. The molecule has 1 aromatic heterocycles. The monoisotopic (exact) mass is 192 g/mol. The van der Waals surface area contributed by atoms with E-state index in [2.05, 4.69) is 10.3 Å². The summed E-state index contributed by atoms with van der Waals surface area (Å²) in [5, 5.41) is 2.64. The topological polar surface area (TPSA) is 42.0 Å². The van der Waals surface area contributed by atoms with Crippen molar-refractivity contribution >= 4 is 23.1 Å². The van der Waals surface area contributed by atoms with E-state index < -0.39 is 0 Å². The van der Waals surface area contributed by atoms with Crippen LogP contribution in [-0.4, -0.2) is 15.9 Å². The molecule has 0 spiro atoms. The van der Waals surface area contributed by atoms with Crippen LogP contribution in [0.3, 0.4) is 0 Å². The van der Waals surface area contributed by atoms with Crippen molar-refractivity contribution in [2.75, 3.05) is 0 Å². The molecule has 1 atom stereocenters. The summed E-state index contributed by atoms with van der Waals surface area (Å²) in [5.74, 6) is -0.119. The molecule has 13 heavy (non-hydrogen) atoms. The quantitative estimate of drug-likeness (QED) is 0.675. The van der Waals surface area contributed by atoms with Crippen molar-refractivity contribution in [1.29, 1.82) is 0 Å². The third kappa shape index (κ3) is 1.58. The highest BCUT2D eigenvalue weighted by molar-refractivity contribution is 7.80. The Kier molecular flexibility index (Phi) is 2.06. The molecule has 2 heterocycles. The van der Waals surface area contributed by atoms with Crippen molar-refractivity contribution in [3.8, 4) is 0 Å². The summed E-state index contributed by atoms with van der Waals surface area (Å²) in [6, 6.07) is 3.69. The minimum atomic E-state index is -0.115. The van der Waals surface area contributed by atoms with Gasteiger partial charge in [-0.05, 0) is 17.7 Å². The normalized spacial score (nSPS) is 21.7. The summed E-state index contributed by atoms with van der Waals surface area (Å²) < 4.78 is 0. The highest BCUT2D eigenvalue weighted by atomic mass is 32.1. The predicted octanol–water partition coefficient (Wildman–Crippen LogP) is 1.01. The summed E-state index contributed by atoms with van der Waals surface area (Å²) in [4.78, 5) is 15.9. The van der Waals surface area contributed by atoms with E-state index in [-0.39, 0.29) is 11.8 Å². The van der Waals surface area contributed by atoms with Gasteiger partial charge in [0.2, 0.25) is 5.91 Å². The van der Waals surface area contributed by atoms with Crippen molar-refractivity contribution in [1.82, 2.24) is 10.3 Å². The molecule has 1 unspecified atom stereocenters. The van der Waals surface area contributed by atoms with E-state index in [1.165, 1.54) is 0 Å².